The summed E-state index contributed by atoms with van der Waals surface area (Å²) in [6.45, 7) is 3.89. The van der Waals surface area contributed by atoms with Crippen LogP contribution in [0.4, 0.5) is 10.8 Å². The van der Waals surface area contributed by atoms with Gasteiger partial charge < -0.3 is 5.32 Å². The topological polar surface area (TPSA) is 61.6 Å². The molecule has 0 saturated carbocycles. The molecule has 0 saturated heterocycles. The third-order valence-electron chi connectivity index (χ3n) is 2.17. The molecule has 0 radical (unpaired) electrons. The van der Waals surface area contributed by atoms with Gasteiger partial charge in [0.2, 0.25) is 5.13 Å². The van der Waals surface area contributed by atoms with Gasteiger partial charge in [-0.2, -0.15) is 5.26 Å². The highest BCUT2D eigenvalue weighted by molar-refractivity contribution is 8.01. The fourth-order valence-corrected chi connectivity index (χ4v) is 3.05. The van der Waals surface area contributed by atoms with E-state index in [2.05, 4.69) is 21.6 Å². The third-order valence-corrected chi connectivity index (χ3v) is 4.08. The minimum Gasteiger partial charge on any atom is -0.330 e. The predicted molar refractivity (Wildman–Crippen MR) is 75.3 cm³/mol. The van der Waals surface area contributed by atoms with Crippen LogP contribution >= 0.6 is 23.1 Å². The van der Waals surface area contributed by atoms with Gasteiger partial charge in [-0.15, -0.1) is 10.2 Å². The Morgan fingerprint density at radius 1 is 1.33 bits per heavy atom. The lowest BCUT2D eigenvalue weighted by Gasteiger charge is -2.01. The van der Waals surface area contributed by atoms with Gasteiger partial charge in [0.05, 0.1) is 11.3 Å². The second-order valence-corrected chi connectivity index (χ2v) is 6.32. The van der Waals surface area contributed by atoms with Crippen LogP contribution in [0.25, 0.3) is 0 Å². The van der Waals surface area contributed by atoms with Gasteiger partial charge in [-0.05, 0) is 26.0 Å². The smallest absolute Gasteiger partial charge is 0.210 e. The molecule has 0 fully saturated rings. The molecule has 0 spiro atoms. The van der Waals surface area contributed by atoms with Crippen molar-refractivity contribution < 1.29 is 0 Å². The summed E-state index contributed by atoms with van der Waals surface area (Å²) >= 11 is 2.88. The van der Waals surface area contributed by atoms with E-state index in [0.717, 1.165) is 15.2 Å². The van der Waals surface area contributed by atoms with Crippen molar-refractivity contribution in [3.8, 4) is 6.07 Å². The molecule has 0 unspecified atom stereocenters. The van der Waals surface area contributed by atoms with Crippen LogP contribution in [-0.4, -0.2) is 15.4 Å². The van der Waals surface area contributed by atoms with E-state index in [9.17, 15) is 0 Å². The van der Waals surface area contributed by atoms with Crippen molar-refractivity contribution in [1.82, 2.24) is 10.2 Å². The van der Waals surface area contributed by atoms with Gasteiger partial charge in [0.15, 0.2) is 4.34 Å². The highest BCUT2D eigenvalue weighted by atomic mass is 32.2. The van der Waals surface area contributed by atoms with E-state index < -0.39 is 0 Å². The summed E-state index contributed by atoms with van der Waals surface area (Å²) in [5.74, 6) is 0. The zero-order valence-electron chi connectivity index (χ0n) is 10.0. The Balaban J connectivity index is 2.02. The predicted octanol–water partition coefficient (Wildman–Crippen LogP) is 3.59. The number of anilines is 2. The number of hydrogen-bond acceptors (Lipinski definition) is 6. The maximum atomic E-state index is 8.73. The minimum atomic E-state index is -0.106. The van der Waals surface area contributed by atoms with Crippen molar-refractivity contribution in [2.45, 2.75) is 23.4 Å². The van der Waals surface area contributed by atoms with Gasteiger partial charge in [-0.1, -0.05) is 40.8 Å². The first-order valence-corrected chi connectivity index (χ1v) is 7.10. The maximum Gasteiger partial charge on any atom is 0.210 e. The molecule has 6 heteroatoms. The standard InChI is InChI=1S/C12H12N4S2/c1-8-3-5-10(6-4-8)14-11-15-16-12(18-11)17-9(2)7-13/h3-6,9H,1-2H3,(H,14,15)/t9-/m0/s1. The van der Waals surface area contributed by atoms with Gasteiger partial charge in [0.25, 0.3) is 0 Å². The van der Waals surface area contributed by atoms with E-state index in [4.69, 9.17) is 5.26 Å². The van der Waals surface area contributed by atoms with Crippen molar-refractivity contribution in [2.75, 3.05) is 5.32 Å². The number of aryl methyl sites for hydroxylation is 1. The van der Waals surface area contributed by atoms with E-state index in [1.54, 1.807) is 0 Å². The minimum absolute atomic E-state index is 0.106. The molecule has 1 atom stereocenters. The van der Waals surface area contributed by atoms with Crippen LogP contribution in [0.3, 0.4) is 0 Å². The Morgan fingerprint density at radius 3 is 2.72 bits per heavy atom. The molecule has 1 N–H and O–H groups in total. The lowest BCUT2D eigenvalue weighted by Crippen LogP contribution is -1.89. The zero-order valence-corrected chi connectivity index (χ0v) is 11.7. The fraction of sp³-hybridized carbons (Fsp3) is 0.250. The van der Waals surface area contributed by atoms with Crippen molar-refractivity contribution >= 4 is 33.9 Å². The first-order valence-electron chi connectivity index (χ1n) is 5.41. The van der Waals surface area contributed by atoms with Crippen LogP contribution in [0.15, 0.2) is 28.6 Å². The lowest BCUT2D eigenvalue weighted by atomic mass is 10.2. The average Bonchev–Trinajstić information content (AvgIpc) is 2.79. The second kappa shape index (κ2) is 5.85. The van der Waals surface area contributed by atoms with Gasteiger partial charge in [-0.25, -0.2) is 0 Å². The molecule has 0 bridgehead atoms. The highest BCUT2D eigenvalue weighted by Crippen LogP contribution is 2.29. The van der Waals surface area contributed by atoms with E-state index in [-0.39, 0.29) is 5.25 Å². The Labute approximate surface area is 114 Å². The number of nitrogens with one attached hydrogen (secondary N) is 1. The van der Waals surface area contributed by atoms with Gasteiger partial charge in [-0.3, -0.25) is 0 Å². The van der Waals surface area contributed by atoms with Crippen molar-refractivity contribution in [2.24, 2.45) is 0 Å². The summed E-state index contributed by atoms with van der Waals surface area (Å²) < 4.78 is 0.804. The van der Waals surface area contributed by atoms with Crippen molar-refractivity contribution in [3.05, 3.63) is 29.8 Å². The molecule has 18 heavy (non-hydrogen) atoms. The molecule has 1 heterocycles. The van der Waals surface area contributed by atoms with Crippen LogP contribution < -0.4 is 5.32 Å². The molecule has 2 rings (SSSR count). The van der Waals surface area contributed by atoms with Crippen LogP contribution in [0, 0.1) is 18.3 Å². The number of rotatable bonds is 4. The van der Waals surface area contributed by atoms with Crippen molar-refractivity contribution in [3.63, 3.8) is 0 Å². The molecule has 0 amide bonds. The molecule has 4 nitrogen and oxygen atoms in total. The molecule has 2 aromatic rings. The molecule has 92 valence electrons. The van der Waals surface area contributed by atoms with Crippen LogP contribution in [0.2, 0.25) is 0 Å². The maximum absolute atomic E-state index is 8.73. The number of aromatic nitrogens is 2. The third kappa shape index (κ3) is 3.45. The van der Waals surface area contributed by atoms with E-state index in [0.29, 0.717) is 0 Å². The Kier molecular flexibility index (Phi) is 4.18. The Bertz CT molecular complexity index is 556. The quantitative estimate of drug-likeness (QED) is 0.865. The average molecular weight is 276 g/mol. The highest BCUT2D eigenvalue weighted by Gasteiger charge is 2.09. The van der Waals surface area contributed by atoms with E-state index >= 15 is 0 Å². The van der Waals surface area contributed by atoms with E-state index in [1.807, 2.05) is 38.1 Å². The summed E-state index contributed by atoms with van der Waals surface area (Å²) in [4.78, 5) is 0. The van der Waals surface area contributed by atoms with Crippen LogP contribution in [-0.2, 0) is 0 Å². The van der Waals surface area contributed by atoms with Gasteiger partial charge in [0.1, 0.15) is 0 Å². The molecule has 0 aliphatic rings. The number of benzene rings is 1. The Morgan fingerprint density at radius 2 is 2.06 bits per heavy atom. The second-order valence-electron chi connectivity index (χ2n) is 3.75. The Hall–Kier alpha value is -1.58. The molecular weight excluding hydrogens is 264 g/mol. The van der Waals surface area contributed by atoms with E-state index in [1.165, 1.54) is 28.7 Å². The van der Waals surface area contributed by atoms with Crippen molar-refractivity contribution in [1.29, 1.82) is 5.26 Å². The van der Waals surface area contributed by atoms with Gasteiger partial charge >= 0.3 is 0 Å². The first-order chi connectivity index (χ1) is 8.67. The molecule has 1 aromatic heterocycles. The summed E-state index contributed by atoms with van der Waals surface area (Å²) in [7, 11) is 0. The number of nitrogens with zero attached hydrogens (tertiary/aromatic N) is 3. The number of hydrogen-bond donors (Lipinski definition) is 1. The largest absolute Gasteiger partial charge is 0.330 e. The fourth-order valence-electron chi connectivity index (χ4n) is 1.25. The molecule has 0 aliphatic carbocycles. The van der Waals surface area contributed by atoms with Gasteiger partial charge in [0, 0.05) is 5.69 Å². The zero-order chi connectivity index (χ0) is 13.0. The summed E-state index contributed by atoms with van der Waals surface area (Å²) in [6.07, 6.45) is 0. The monoisotopic (exact) mass is 276 g/mol. The number of nitriles is 1. The summed E-state index contributed by atoms with van der Waals surface area (Å²) in [6, 6.07) is 10.2. The number of thioether (sulfide) groups is 1. The molecular formula is C12H12N4S2. The molecule has 1 aromatic carbocycles. The normalized spacial score (nSPS) is 11.8. The summed E-state index contributed by atoms with van der Waals surface area (Å²) in [5, 5.41) is 20.6. The van der Waals surface area contributed by atoms with Crippen LogP contribution in [0.5, 0.6) is 0 Å². The first kappa shape index (κ1) is 12.9. The summed E-state index contributed by atoms with van der Waals surface area (Å²) in [5.41, 5.74) is 2.21. The lowest BCUT2D eigenvalue weighted by molar-refractivity contribution is 1.01. The van der Waals surface area contributed by atoms with Crippen LogP contribution in [0.1, 0.15) is 12.5 Å². The molecule has 0 aliphatic heterocycles. The SMILES string of the molecule is Cc1ccc(Nc2nnc(S[C@@H](C)C#N)s2)cc1.